The second kappa shape index (κ2) is 10.1. The molecular weight excluding hydrogens is 422 g/mol. The Morgan fingerprint density at radius 2 is 1.61 bits per heavy atom. The van der Waals surface area contributed by atoms with Crippen molar-refractivity contribution in [1.82, 2.24) is 14.9 Å². The predicted molar refractivity (Wildman–Crippen MR) is 121 cm³/mol. The molecule has 0 unspecified atom stereocenters. The summed E-state index contributed by atoms with van der Waals surface area (Å²) >= 11 is 0. The Balaban J connectivity index is 1.57. The van der Waals surface area contributed by atoms with Crippen LogP contribution in [0.5, 0.6) is 0 Å². The van der Waals surface area contributed by atoms with Crippen molar-refractivity contribution >= 4 is 0 Å². The van der Waals surface area contributed by atoms with E-state index in [9.17, 15) is 18.8 Å². The minimum atomic E-state index is -0.945. The number of aromatic amines is 1. The summed E-state index contributed by atoms with van der Waals surface area (Å²) < 4.78 is 29.1. The summed E-state index contributed by atoms with van der Waals surface area (Å²) in [7, 11) is 0. The van der Waals surface area contributed by atoms with Crippen LogP contribution in [0.2, 0.25) is 0 Å². The fourth-order valence-electron chi connectivity index (χ4n) is 4.83. The molecule has 1 aromatic heterocycles. The standard InChI is InChI=1S/C26H26F2N4O/c27-22-7-3-1-5-19(22)15-26(18-29,16-20-6-2-4-8-23(20)28)21-9-13-32(14-10-21)17-24-25(33)31-12-11-30-24/h1-8,11-12,21H,9-10,13-17H2,(H,31,33). The van der Waals surface area contributed by atoms with Crippen molar-refractivity contribution in [3.63, 3.8) is 0 Å². The van der Waals surface area contributed by atoms with Crippen LogP contribution in [0.1, 0.15) is 29.7 Å². The van der Waals surface area contributed by atoms with Gasteiger partial charge in [-0.2, -0.15) is 5.26 Å². The lowest BCUT2D eigenvalue weighted by Crippen LogP contribution is -2.43. The Morgan fingerprint density at radius 1 is 1.03 bits per heavy atom. The number of rotatable bonds is 7. The third-order valence-corrected chi connectivity index (χ3v) is 6.67. The summed E-state index contributed by atoms with van der Waals surface area (Å²) in [6, 6.07) is 15.5. The first kappa shape index (κ1) is 22.8. The van der Waals surface area contributed by atoms with E-state index in [-0.39, 0.29) is 36.0 Å². The van der Waals surface area contributed by atoms with Crippen LogP contribution in [0.15, 0.2) is 65.7 Å². The van der Waals surface area contributed by atoms with Crippen LogP contribution >= 0.6 is 0 Å². The maximum Gasteiger partial charge on any atom is 0.270 e. The zero-order valence-electron chi connectivity index (χ0n) is 18.3. The molecule has 0 spiro atoms. The van der Waals surface area contributed by atoms with Crippen molar-refractivity contribution in [1.29, 1.82) is 5.26 Å². The number of nitrogens with one attached hydrogen (secondary N) is 1. The van der Waals surface area contributed by atoms with Crippen LogP contribution in [0.4, 0.5) is 8.78 Å². The van der Waals surface area contributed by atoms with Gasteiger partial charge in [-0.05, 0) is 68.0 Å². The smallest absolute Gasteiger partial charge is 0.270 e. The van der Waals surface area contributed by atoms with Gasteiger partial charge in [0.05, 0.1) is 11.5 Å². The number of benzene rings is 2. The number of nitrogens with zero attached hydrogens (tertiary/aromatic N) is 3. The second-order valence-electron chi connectivity index (χ2n) is 8.72. The van der Waals surface area contributed by atoms with Crippen molar-refractivity contribution < 1.29 is 8.78 Å². The summed E-state index contributed by atoms with van der Waals surface area (Å²) in [4.78, 5) is 20.9. The molecule has 5 nitrogen and oxygen atoms in total. The average Bonchev–Trinajstić information content (AvgIpc) is 2.83. The van der Waals surface area contributed by atoms with Gasteiger partial charge in [-0.1, -0.05) is 36.4 Å². The largest absolute Gasteiger partial charge is 0.326 e. The van der Waals surface area contributed by atoms with Crippen LogP contribution in [0, 0.1) is 34.3 Å². The molecule has 7 heteroatoms. The second-order valence-corrected chi connectivity index (χ2v) is 8.72. The number of H-pyrrole nitrogens is 1. The zero-order chi connectivity index (χ0) is 23.3. The Kier molecular flexibility index (Phi) is 6.95. The number of likely N-dealkylation sites (tertiary alicyclic amines) is 1. The van der Waals surface area contributed by atoms with E-state index in [2.05, 4.69) is 20.9 Å². The van der Waals surface area contributed by atoms with E-state index in [1.165, 1.54) is 18.3 Å². The predicted octanol–water partition coefficient (Wildman–Crippen LogP) is 4.26. The number of piperidine rings is 1. The highest BCUT2D eigenvalue weighted by atomic mass is 19.1. The van der Waals surface area contributed by atoms with E-state index in [1.54, 1.807) is 42.6 Å². The topological polar surface area (TPSA) is 72.8 Å². The first-order chi connectivity index (χ1) is 16.0. The van der Waals surface area contributed by atoms with Crippen LogP contribution in [0.3, 0.4) is 0 Å². The highest BCUT2D eigenvalue weighted by Gasteiger charge is 2.42. The number of nitriles is 1. The Bertz CT molecular complexity index is 1150. The maximum absolute atomic E-state index is 14.6. The van der Waals surface area contributed by atoms with E-state index in [0.29, 0.717) is 49.3 Å². The number of aromatic nitrogens is 2. The lowest BCUT2D eigenvalue weighted by atomic mass is 9.65. The molecule has 4 rings (SSSR count). The Morgan fingerprint density at radius 3 is 2.12 bits per heavy atom. The molecule has 33 heavy (non-hydrogen) atoms. The number of hydrogen-bond acceptors (Lipinski definition) is 4. The molecule has 0 atom stereocenters. The van der Waals surface area contributed by atoms with Gasteiger partial charge in [-0.25, -0.2) is 8.78 Å². The summed E-state index contributed by atoms with van der Waals surface area (Å²) in [6.07, 6.45) is 4.89. The molecule has 0 aliphatic carbocycles. The van der Waals surface area contributed by atoms with Gasteiger partial charge in [0.15, 0.2) is 0 Å². The number of hydrogen-bond donors (Lipinski definition) is 1. The summed E-state index contributed by atoms with van der Waals surface area (Å²) in [5, 5.41) is 10.4. The highest BCUT2D eigenvalue weighted by Crippen LogP contribution is 2.42. The fourth-order valence-corrected chi connectivity index (χ4v) is 4.83. The monoisotopic (exact) mass is 448 g/mol. The molecule has 0 amide bonds. The molecule has 2 heterocycles. The van der Waals surface area contributed by atoms with Crippen molar-refractivity contribution in [2.24, 2.45) is 11.3 Å². The molecule has 0 saturated carbocycles. The van der Waals surface area contributed by atoms with Crippen LogP contribution in [-0.2, 0) is 19.4 Å². The summed E-state index contributed by atoms with van der Waals surface area (Å²) in [5.74, 6) is -0.741. The summed E-state index contributed by atoms with van der Waals surface area (Å²) in [6.45, 7) is 1.79. The maximum atomic E-state index is 14.6. The van der Waals surface area contributed by atoms with E-state index < -0.39 is 5.41 Å². The molecule has 0 radical (unpaired) electrons. The van der Waals surface area contributed by atoms with Gasteiger partial charge < -0.3 is 4.98 Å². The van der Waals surface area contributed by atoms with E-state index in [1.807, 2.05) is 0 Å². The molecule has 2 aromatic carbocycles. The third kappa shape index (κ3) is 5.18. The molecule has 1 aliphatic heterocycles. The molecular formula is C26H26F2N4O. The lowest BCUT2D eigenvalue weighted by Gasteiger charge is -2.41. The van der Waals surface area contributed by atoms with E-state index >= 15 is 0 Å². The average molecular weight is 449 g/mol. The minimum absolute atomic E-state index is 0.0417. The van der Waals surface area contributed by atoms with Crippen LogP contribution < -0.4 is 5.56 Å². The molecule has 1 N–H and O–H groups in total. The van der Waals surface area contributed by atoms with E-state index in [0.717, 1.165) is 0 Å². The molecule has 170 valence electrons. The van der Waals surface area contributed by atoms with Gasteiger partial charge >= 0.3 is 0 Å². The van der Waals surface area contributed by atoms with Crippen molar-refractivity contribution in [2.45, 2.75) is 32.2 Å². The van der Waals surface area contributed by atoms with Crippen molar-refractivity contribution in [3.05, 3.63) is 99.7 Å². The Labute approximate surface area is 191 Å². The van der Waals surface area contributed by atoms with Gasteiger partial charge in [0.2, 0.25) is 0 Å². The van der Waals surface area contributed by atoms with Gasteiger partial charge in [-0.15, -0.1) is 0 Å². The van der Waals surface area contributed by atoms with Crippen molar-refractivity contribution in [3.8, 4) is 6.07 Å². The van der Waals surface area contributed by atoms with Crippen molar-refractivity contribution in [2.75, 3.05) is 13.1 Å². The van der Waals surface area contributed by atoms with Crippen LogP contribution in [0.25, 0.3) is 0 Å². The van der Waals surface area contributed by atoms with E-state index in [4.69, 9.17) is 0 Å². The normalized spacial score (nSPS) is 15.3. The SMILES string of the molecule is N#CC(Cc1ccccc1F)(Cc1ccccc1F)C1CCN(Cc2ncc[nH]c2=O)CC1. The third-order valence-electron chi connectivity index (χ3n) is 6.67. The van der Waals surface area contributed by atoms with Gasteiger partial charge in [0.25, 0.3) is 5.56 Å². The van der Waals surface area contributed by atoms with Gasteiger partial charge in [0.1, 0.15) is 17.3 Å². The molecule has 1 aliphatic rings. The number of halogens is 2. The quantitative estimate of drug-likeness (QED) is 0.586. The minimum Gasteiger partial charge on any atom is -0.326 e. The van der Waals surface area contributed by atoms with Gasteiger partial charge in [0, 0.05) is 18.9 Å². The zero-order valence-corrected chi connectivity index (χ0v) is 18.3. The molecule has 0 bridgehead atoms. The molecule has 1 fully saturated rings. The van der Waals surface area contributed by atoms with Gasteiger partial charge in [-0.3, -0.25) is 14.7 Å². The first-order valence-electron chi connectivity index (χ1n) is 11.1. The lowest BCUT2D eigenvalue weighted by molar-refractivity contribution is 0.105. The molecule has 1 saturated heterocycles. The fraction of sp³-hybridized carbons (Fsp3) is 0.346. The Hall–Kier alpha value is -3.37. The highest BCUT2D eigenvalue weighted by molar-refractivity contribution is 5.27. The first-order valence-corrected chi connectivity index (χ1v) is 11.1. The molecule has 3 aromatic rings. The summed E-state index contributed by atoms with van der Waals surface area (Å²) in [5.41, 5.74) is 0.250. The van der Waals surface area contributed by atoms with Crippen LogP contribution in [-0.4, -0.2) is 28.0 Å².